The maximum absolute atomic E-state index is 5.59. The highest BCUT2D eigenvalue weighted by Crippen LogP contribution is 2.13. The van der Waals surface area contributed by atoms with Gasteiger partial charge in [-0.25, -0.2) is 0 Å². The van der Waals surface area contributed by atoms with Crippen molar-refractivity contribution >= 4 is 23.0 Å². The molecule has 0 bridgehead atoms. The van der Waals surface area contributed by atoms with Gasteiger partial charge >= 0.3 is 0 Å². The third-order valence-corrected chi connectivity index (χ3v) is 4.35. The molecule has 1 heterocycles. The van der Waals surface area contributed by atoms with Gasteiger partial charge in [-0.2, -0.15) is 5.10 Å². The van der Waals surface area contributed by atoms with Gasteiger partial charge in [-0.3, -0.25) is 10.3 Å². The Morgan fingerprint density at radius 2 is 2.00 bits per heavy atom. The third kappa shape index (κ3) is 7.68. The molecule has 1 saturated heterocycles. The van der Waals surface area contributed by atoms with Gasteiger partial charge in [-0.05, 0) is 68.4 Å². The zero-order chi connectivity index (χ0) is 18.6. The number of hydrazone groups is 1. The van der Waals surface area contributed by atoms with Crippen LogP contribution >= 0.6 is 12.2 Å². The summed E-state index contributed by atoms with van der Waals surface area (Å²) in [6.07, 6.45) is 2.05. The highest BCUT2D eigenvalue weighted by molar-refractivity contribution is 7.80. The van der Waals surface area contributed by atoms with Crippen molar-refractivity contribution in [3.05, 3.63) is 29.8 Å². The van der Waals surface area contributed by atoms with E-state index in [9.17, 15) is 0 Å². The summed E-state index contributed by atoms with van der Waals surface area (Å²) in [5, 5.41) is 8.10. The van der Waals surface area contributed by atoms with Crippen molar-refractivity contribution < 1.29 is 9.47 Å². The van der Waals surface area contributed by atoms with Crippen LogP contribution in [0, 0.1) is 0 Å². The first-order valence-corrected chi connectivity index (χ1v) is 9.71. The summed E-state index contributed by atoms with van der Waals surface area (Å²) in [5.74, 6) is 0.883. The number of hydrogen-bond donors (Lipinski definition) is 2. The first-order chi connectivity index (χ1) is 12.7. The van der Waals surface area contributed by atoms with Crippen LogP contribution < -0.4 is 15.5 Å². The average Bonchev–Trinajstić information content (AvgIpc) is 2.69. The molecule has 0 aromatic heterocycles. The van der Waals surface area contributed by atoms with Crippen LogP contribution in [-0.2, 0) is 4.74 Å². The molecule has 1 aliphatic heterocycles. The number of thiocarbonyl (C=S) groups is 1. The van der Waals surface area contributed by atoms with Crippen molar-refractivity contribution in [1.82, 2.24) is 15.6 Å². The third-order valence-electron chi connectivity index (χ3n) is 4.11. The maximum atomic E-state index is 5.59. The Balaban J connectivity index is 1.66. The van der Waals surface area contributed by atoms with Crippen molar-refractivity contribution in [2.45, 2.75) is 26.7 Å². The van der Waals surface area contributed by atoms with E-state index in [-0.39, 0.29) is 0 Å². The molecule has 1 aliphatic rings. The van der Waals surface area contributed by atoms with Crippen LogP contribution in [0.15, 0.2) is 29.4 Å². The summed E-state index contributed by atoms with van der Waals surface area (Å²) in [6.45, 7) is 10.4. The van der Waals surface area contributed by atoms with Gasteiger partial charge in [-0.1, -0.05) is 6.92 Å². The Kier molecular flexibility index (Phi) is 9.38. The second kappa shape index (κ2) is 11.8. The van der Waals surface area contributed by atoms with Crippen LogP contribution in [0.25, 0.3) is 0 Å². The number of rotatable bonds is 9. The SMILES string of the molecule is CCCOc1ccc(/C(C)=N\NC(=S)NCCCN2CCOCC2)cc1. The van der Waals surface area contributed by atoms with E-state index in [0.717, 1.165) is 75.9 Å². The summed E-state index contributed by atoms with van der Waals surface area (Å²) in [4.78, 5) is 2.41. The van der Waals surface area contributed by atoms with E-state index in [2.05, 4.69) is 27.7 Å². The number of nitrogens with one attached hydrogen (secondary N) is 2. The summed E-state index contributed by atoms with van der Waals surface area (Å²) >= 11 is 5.28. The van der Waals surface area contributed by atoms with Gasteiger partial charge in [0, 0.05) is 19.6 Å². The second-order valence-electron chi connectivity index (χ2n) is 6.25. The minimum atomic E-state index is 0.550. The standard InChI is InChI=1S/C19H30N4O2S/c1-3-13-25-18-7-5-17(6-8-18)16(2)21-22-19(26)20-9-4-10-23-11-14-24-15-12-23/h5-8H,3-4,9-15H2,1-2H3,(H2,20,22,26)/b21-16-. The van der Waals surface area contributed by atoms with E-state index >= 15 is 0 Å². The second-order valence-corrected chi connectivity index (χ2v) is 6.65. The highest BCUT2D eigenvalue weighted by atomic mass is 32.1. The van der Waals surface area contributed by atoms with E-state index in [1.54, 1.807) is 0 Å². The van der Waals surface area contributed by atoms with Crippen molar-refractivity contribution in [2.24, 2.45) is 5.10 Å². The van der Waals surface area contributed by atoms with Crippen molar-refractivity contribution in [1.29, 1.82) is 0 Å². The van der Waals surface area contributed by atoms with Crippen LogP contribution in [0.5, 0.6) is 5.75 Å². The van der Waals surface area contributed by atoms with Crippen molar-refractivity contribution in [3.8, 4) is 5.75 Å². The van der Waals surface area contributed by atoms with Crippen LogP contribution in [-0.4, -0.2) is 61.7 Å². The molecule has 1 fully saturated rings. The van der Waals surface area contributed by atoms with E-state index in [1.165, 1.54) is 0 Å². The summed E-state index contributed by atoms with van der Waals surface area (Å²) in [6, 6.07) is 7.94. The normalized spacial score (nSPS) is 15.5. The predicted molar refractivity (Wildman–Crippen MR) is 110 cm³/mol. The van der Waals surface area contributed by atoms with E-state index < -0.39 is 0 Å². The molecule has 6 nitrogen and oxygen atoms in total. The molecule has 0 spiro atoms. The van der Waals surface area contributed by atoms with Gasteiger partial charge in [0.1, 0.15) is 5.75 Å². The molecular weight excluding hydrogens is 348 g/mol. The lowest BCUT2D eigenvalue weighted by Gasteiger charge is -2.26. The summed E-state index contributed by atoms with van der Waals surface area (Å²) in [5.41, 5.74) is 4.83. The Morgan fingerprint density at radius 3 is 2.69 bits per heavy atom. The number of benzene rings is 1. The molecule has 7 heteroatoms. The van der Waals surface area contributed by atoms with Crippen molar-refractivity contribution in [3.63, 3.8) is 0 Å². The average molecular weight is 379 g/mol. The maximum Gasteiger partial charge on any atom is 0.186 e. The molecule has 1 aromatic rings. The fourth-order valence-corrected chi connectivity index (χ4v) is 2.73. The van der Waals surface area contributed by atoms with Crippen LogP contribution in [0.4, 0.5) is 0 Å². The lowest BCUT2D eigenvalue weighted by Crippen LogP contribution is -2.39. The molecule has 144 valence electrons. The molecule has 0 radical (unpaired) electrons. The predicted octanol–water partition coefficient (Wildman–Crippen LogP) is 2.39. The lowest BCUT2D eigenvalue weighted by atomic mass is 10.1. The van der Waals surface area contributed by atoms with Gasteiger partial charge in [-0.15, -0.1) is 0 Å². The number of nitrogens with zero attached hydrogens (tertiary/aromatic N) is 2. The minimum Gasteiger partial charge on any atom is -0.494 e. The Hall–Kier alpha value is -1.70. The van der Waals surface area contributed by atoms with Gasteiger partial charge in [0.25, 0.3) is 0 Å². The molecule has 2 rings (SSSR count). The number of ether oxygens (including phenoxy) is 2. The number of morpholine rings is 1. The largest absolute Gasteiger partial charge is 0.494 e. The van der Waals surface area contributed by atoms with Crippen LogP contribution in [0.2, 0.25) is 0 Å². The quantitative estimate of drug-likeness (QED) is 0.298. The van der Waals surface area contributed by atoms with Gasteiger partial charge in [0.2, 0.25) is 0 Å². The number of hydrogen-bond acceptors (Lipinski definition) is 5. The molecule has 26 heavy (non-hydrogen) atoms. The van der Waals surface area contributed by atoms with Gasteiger partial charge in [0.15, 0.2) is 5.11 Å². The molecular formula is C19H30N4O2S. The monoisotopic (exact) mass is 378 g/mol. The topological polar surface area (TPSA) is 58.1 Å². The fraction of sp³-hybridized carbons (Fsp3) is 0.579. The van der Waals surface area contributed by atoms with E-state index in [4.69, 9.17) is 21.7 Å². The lowest BCUT2D eigenvalue weighted by molar-refractivity contribution is 0.0376. The van der Waals surface area contributed by atoms with E-state index in [1.807, 2.05) is 31.2 Å². The Bertz CT molecular complexity index is 571. The van der Waals surface area contributed by atoms with Crippen LogP contribution in [0.1, 0.15) is 32.3 Å². The minimum absolute atomic E-state index is 0.550. The zero-order valence-electron chi connectivity index (χ0n) is 15.8. The first-order valence-electron chi connectivity index (χ1n) is 9.30. The van der Waals surface area contributed by atoms with E-state index in [0.29, 0.717) is 5.11 Å². The summed E-state index contributed by atoms with van der Waals surface area (Å²) in [7, 11) is 0. The first kappa shape index (κ1) is 20.6. The smallest absolute Gasteiger partial charge is 0.186 e. The summed E-state index contributed by atoms with van der Waals surface area (Å²) < 4.78 is 10.9. The molecule has 0 atom stereocenters. The molecule has 2 N–H and O–H groups in total. The molecule has 0 amide bonds. The Morgan fingerprint density at radius 1 is 1.27 bits per heavy atom. The Labute approximate surface area is 161 Å². The highest BCUT2D eigenvalue weighted by Gasteiger charge is 2.09. The molecule has 0 unspecified atom stereocenters. The molecule has 0 saturated carbocycles. The van der Waals surface area contributed by atoms with Crippen LogP contribution in [0.3, 0.4) is 0 Å². The molecule has 0 aliphatic carbocycles. The van der Waals surface area contributed by atoms with Gasteiger partial charge in [0.05, 0.1) is 25.5 Å². The zero-order valence-corrected chi connectivity index (χ0v) is 16.6. The van der Waals surface area contributed by atoms with Gasteiger partial charge < -0.3 is 14.8 Å². The molecule has 1 aromatic carbocycles. The fourth-order valence-electron chi connectivity index (χ4n) is 2.58. The van der Waals surface area contributed by atoms with Crippen molar-refractivity contribution in [2.75, 3.05) is 46.0 Å².